The first-order chi connectivity index (χ1) is 10.1. The van der Waals surface area contributed by atoms with E-state index in [1.165, 1.54) is 0 Å². The molecule has 0 aromatic heterocycles. The van der Waals surface area contributed by atoms with Gasteiger partial charge in [0.05, 0.1) is 11.5 Å². The Hall–Kier alpha value is -1.76. The molecule has 1 fully saturated rings. The molecule has 2 heterocycles. The Morgan fingerprint density at radius 2 is 1.90 bits per heavy atom. The van der Waals surface area contributed by atoms with Gasteiger partial charge in [-0.25, -0.2) is 0 Å². The average molecular weight is 306 g/mol. The zero-order valence-corrected chi connectivity index (χ0v) is 12.8. The molecular formula is C14H18N4O2S. The Kier molecular flexibility index (Phi) is 4.01. The lowest BCUT2D eigenvalue weighted by Gasteiger charge is -2.36. The number of hydrogen-bond acceptors (Lipinski definition) is 6. The maximum absolute atomic E-state index is 11.1. The predicted molar refractivity (Wildman–Crippen MR) is 86.2 cm³/mol. The molecule has 0 spiro atoms. The molecular weight excluding hydrogens is 288 g/mol. The number of nitrogens with zero attached hydrogens (tertiary/aromatic N) is 4. The summed E-state index contributed by atoms with van der Waals surface area (Å²) >= 11 is 1.83. The van der Waals surface area contributed by atoms with Gasteiger partial charge >= 0.3 is 0 Å². The van der Waals surface area contributed by atoms with Crippen LogP contribution < -0.4 is 4.90 Å². The first kappa shape index (κ1) is 14.2. The summed E-state index contributed by atoms with van der Waals surface area (Å²) in [6.45, 7) is 6.39. The van der Waals surface area contributed by atoms with Gasteiger partial charge in [-0.1, -0.05) is 30.8 Å². The SMILES string of the molecule is C[C@H]1CN=C(N2CCN(c3ccccc3[N+](=O)[O-])CC2)S1. The van der Waals surface area contributed by atoms with Gasteiger partial charge < -0.3 is 9.80 Å². The van der Waals surface area contributed by atoms with Crippen LogP contribution >= 0.6 is 11.8 Å². The van der Waals surface area contributed by atoms with Gasteiger partial charge in [0.2, 0.25) is 0 Å². The minimum Gasteiger partial charge on any atom is -0.362 e. The van der Waals surface area contributed by atoms with Gasteiger partial charge in [-0.15, -0.1) is 0 Å². The molecule has 0 radical (unpaired) electrons. The Morgan fingerprint density at radius 3 is 2.52 bits per heavy atom. The average Bonchev–Trinajstić information content (AvgIpc) is 2.94. The Bertz CT molecular complexity index is 570. The minimum atomic E-state index is -0.305. The van der Waals surface area contributed by atoms with Gasteiger partial charge in [-0.2, -0.15) is 0 Å². The summed E-state index contributed by atoms with van der Waals surface area (Å²) in [5.74, 6) is 0. The number of piperazine rings is 1. The fraction of sp³-hybridized carbons (Fsp3) is 0.500. The van der Waals surface area contributed by atoms with Gasteiger partial charge in [-0.3, -0.25) is 15.1 Å². The maximum Gasteiger partial charge on any atom is 0.292 e. The molecule has 1 saturated heterocycles. The fourth-order valence-corrected chi connectivity index (χ4v) is 3.65. The van der Waals surface area contributed by atoms with Crippen LogP contribution in [0.5, 0.6) is 0 Å². The topological polar surface area (TPSA) is 62.0 Å². The summed E-state index contributed by atoms with van der Waals surface area (Å²) in [4.78, 5) is 19.8. The van der Waals surface area contributed by atoms with Crippen LogP contribution in [0.2, 0.25) is 0 Å². The zero-order chi connectivity index (χ0) is 14.8. The smallest absolute Gasteiger partial charge is 0.292 e. The molecule has 6 nitrogen and oxygen atoms in total. The molecule has 0 saturated carbocycles. The highest BCUT2D eigenvalue weighted by Crippen LogP contribution is 2.29. The second-order valence-electron chi connectivity index (χ2n) is 5.27. The molecule has 1 aromatic rings. The van der Waals surface area contributed by atoms with E-state index in [0.717, 1.165) is 43.6 Å². The third-order valence-corrected chi connectivity index (χ3v) is 4.91. The molecule has 1 aromatic carbocycles. The Balaban J connectivity index is 1.68. The summed E-state index contributed by atoms with van der Waals surface area (Å²) in [6.07, 6.45) is 0. The third kappa shape index (κ3) is 2.97. The summed E-state index contributed by atoms with van der Waals surface area (Å²) in [5, 5.41) is 12.8. The monoisotopic (exact) mass is 306 g/mol. The number of anilines is 1. The lowest BCUT2D eigenvalue weighted by atomic mass is 10.2. The molecule has 2 aliphatic rings. The number of amidine groups is 1. The number of nitro benzene ring substituents is 1. The number of benzene rings is 1. The Labute approximate surface area is 128 Å². The van der Waals surface area contributed by atoms with Crippen molar-refractivity contribution in [2.45, 2.75) is 12.2 Å². The molecule has 2 aliphatic heterocycles. The molecule has 0 amide bonds. The molecule has 3 rings (SSSR count). The quantitative estimate of drug-likeness (QED) is 0.619. The minimum absolute atomic E-state index is 0.187. The molecule has 7 heteroatoms. The highest BCUT2D eigenvalue weighted by Gasteiger charge is 2.27. The summed E-state index contributed by atoms with van der Waals surface area (Å²) in [5.41, 5.74) is 0.906. The normalized spacial score (nSPS) is 22.3. The van der Waals surface area contributed by atoms with Crippen LogP contribution in [0.25, 0.3) is 0 Å². The van der Waals surface area contributed by atoms with Crippen LogP contribution in [0.3, 0.4) is 0 Å². The van der Waals surface area contributed by atoms with E-state index >= 15 is 0 Å². The first-order valence-corrected chi connectivity index (χ1v) is 7.97. The van der Waals surface area contributed by atoms with Gasteiger partial charge in [0.25, 0.3) is 5.69 Å². The first-order valence-electron chi connectivity index (χ1n) is 7.09. The van der Waals surface area contributed by atoms with Crippen molar-refractivity contribution in [2.75, 3.05) is 37.6 Å². The van der Waals surface area contributed by atoms with Gasteiger partial charge in [0.15, 0.2) is 5.17 Å². The third-order valence-electron chi connectivity index (χ3n) is 3.76. The van der Waals surface area contributed by atoms with Crippen LogP contribution in [0.4, 0.5) is 11.4 Å². The molecule has 0 N–H and O–H groups in total. The van der Waals surface area contributed by atoms with Crippen molar-refractivity contribution in [1.29, 1.82) is 0 Å². The number of aliphatic imine (C=N–C) groups is 1. The second-order valence-corrected chi connectivity index (χ2v) is 6.68. The molecule has 21 heavy (non-hydrogen) atoms. The van der Waals surface area contributed by atoms with E-state index < -0.39 is 0 Å². The van der Waals surface area contributed by atoms with Gasteiger partial charge in [-0.05, 0) is 6.07 Å². The summed E-state index contributed by atoms with van der Waals surface area (Å²) < 4.78 is 0. The number of para-hydroxylation sites is 2. The van der Waals surface area contributed by atoms with E-state index in [1.807, 2.05) is 23.9 Å². The Morgan fingerprint density at radius 1 is 1.24 bits per heavy atom. The van der Waals surface area contributed by atoms with Crippen LogP contribution in [-0.2, 0) is 0 Å². The number of rotatable bonds is 2. The van der Waals surface area contributed by atoms with Crippen LogP contribution in [0.15, 0.2) is 29.3 Å². The molecule has 1 atom stereocenters. The van der Waals surface area contributed by atoms with Crippen molar-refractivity contribution in [3.8, 4) is 0 Å². The number of hydrogen-bond donors (Lipinski definition) is 0. The van der Waals surface area contributed by atoms with Crippen LogP contribution in [0.1, 0.15) is 6.92 Å². The zero-order valence-electron chi connectivity index (χ0n) is 11.9. The van der Waals surface area contributed by atoms with E-state index in [1.54, 1.807) is 12.1 Å². The predicted octanol–water partition coefficient (Wildman–Crippen LogP) is 2.21. The lowest BCUT2D eigenvalue weighted by molar-refractivity contribution is -0.384. The standard InChI is InChI=1S/C14H18N4O2S/c1-11-10-15-14(21-11)17-8-6-16(7-9-17)12-4-2-3-5-13(12)18(19)20/h2-5,11H,6-10H2,1H3/t11-/m0/s1. The van der Waals surface area contributed by atoms with E-state index in [4.69, 9.17) is 0 Å². The van der Waals surface area contributed by atoms with E-state index in [0.29, 0.717) is 5.25 Å². The highest BCUT2D eigenvalue weighted by atomic mass is 32.2. The number of thioether (sulfide) groups is 1. The van der Waals surface area contributed by atoms with Crippen molar-refractivity contribution in [2.24, 2.45) is 4.99 Å². The summed E-state index contributed by atoms with van der Waals surface area (Å²) in [7, 11) is 0. The van der Waals surface area contributed by atoms with E-state index in [-0.39, 0.29) is 10.6 Å². The van der Waals surface area contributed by atoms with Crippen molar-refractivity contribution < 1.29 is 4.92 Å². The van der Waals surface area contributed by atoms with E-state index in [9.17, 15) is 10.1 Å². The van der Waals surface area contributed by atoms with Crippen LogP contribution in [0, 0.1) is 10.1 Å². The van der Waals surface area contributed by atoms with Crippen molar-refractivity contribution >= 4 is 28.3 Å². The van der Waals surface area contributed by atoms with Crippen molar-refractivity contribution in [3.63, 3.8) is 0 Å². The molecule has 0 bridgehead atoms. The lowest BCUT2D eigenvalue weighted by Crippen LogP contribution is -2.48. The van der Waals surface area contributed by atoms with Gasteiger partial charge in [0.1, 0.15) is 5.69 Å². The number of nitro groups is 1. The van der Waals surface area contributed by atoms with Crippen LogP contribution in [-0.4, -0.2) is 53.0 Å². The largest absolute Gasteiger partial charge is 0.362 e. The maximum atomic E-state index is 11.1. The van der Waals surface area contributed by atoms with Crippen molar-refractivity contribution in [3.05, 3.63) is 34.4 Å². The van der Waals surface area contributed by atoms with E-state index in [2.05, 4.69) is 21.7 Å². The molecule has 0 unspecified atom stereocenters. The van der Waals surface area contributed by atoms with Gasteiger partial charge in [0, 0.05) is 37.5 Å². The fourth-order valence-electron chi connectivity index (χ4n) is 2.66. The molecule has 112 valence electrons. The highest BCUT2D eigenvalue weighted by molar-refractivity contribution is 8.14. The summed E-state index contributed by atoms with van der Waals surface area (Å²) in [6, 6.07) is 6.97. The van der Waals surface area contributed by atoms with Crippen molar-refractivity contribution in [1.82, 2.24) is 4.90 Å². The second kappa shape index (κ2) is 5.93. The molecule has 0 aliphatic carbocycles.